The van der Waals surface area contributed by atoms with Gasteiger partial charge in [0.15, 0.2) is 5.11 Å². The van der Waals surface area contributed by atoms with Gasteiger partial charge in [-0.3, -0.25) is 10.9 Å². The van der Waals surface area contributed by atoms with E-state index in [0.29, 0.717) is 5.11 Å². The van der Waals surface area contributed by atoms with Crippen molar-refractivity contribution in [2.24, 2.45) is 0 Å². The highest BCUT2D eigenvalue weighted by molar-refractivity contribution is 7.80. The van der Waals surface area contributed by atoms with Gasteiger partial charge >= 0.3 is 0 Å². The van der Waals surface area contributed by atoms with Gasteiger partial charge in [0.1, 0.15) is 0 Å². The fraction of sp³-hybridized carbons (Fsp3) is 0.118. The highest BCUT2D eigenvalue weighted by atomic mass is 32.1. The van der Waals surface area contributed by atoms with E-state index in [4.69, 9.17) is 12.2 Å². The molecule has 0 atom stereocenters. The predicted molar refractivity (Wildman–Crippen MR) is 93.8 cm³/mol. The minimum atomic E-state index is 0.522. The zero-order chi connectivity index (χ0) is 15.1. The van der Waals surface area contributed by atoms with Crippen molar-refractivity contribution in [3.8, 4) is 0 Å². The minimum Gasteiger partial charge on any atom is -0.331 e. The number of rotatable bonds is 4. The Morgan fingerprint density at radius 3 is 2.24 bits per heavy atom. The van der Waals surface area contributed by atoms with Crippen LogP contribution in [0, 0.1) is 6.92 Å². The molecule has 0 spiro atoms. The SMILES string of the molecule is C/C=C(\NNC(=S)Nc1ccc(C)cc1)c1ccccc1. The molecule has 3 nitrogen and oxygen atoms in total. The molecule has 0 saturated heterocycles. The number of anilines is 1. The van der Waals surface area contributed by atoms with Crippen LogP contribution < -0.4 is 16.2 Å². The third-order valence-electron chi connectivity index (χ3n) is 2.99. The van der Waals surface area contributed by atoms with Gasteiger partial charge in [-0.25, -0.2) is 0 Å². The summed E-state index contributed by atoms with van der Waals surface area (Å²) in [6.45, 7) is 4.04. The van der Waals surface area contributed by atoms with Gasteiger partial charge in [-0.05, 0) is 43.8 Å². The second-order valence-electron chi connectivity index (χ2n) is 4.64. The predicted octanol–water partition coefficient (Wildman–Crippen LogP) is 3.85. The summed E-state index contributed by atoms with van der Waals surface area (Å²) in [6.07, 6.45) is 2.00. The van der Waals surface area contributed by atoms with Crippen LogP contribution in [0.2, 0.25) is 0 Å². The first kappa shape index (κ1) is 15.1. The van der Waals surface area contributed by atoms with Gasteiger partial charge in [0, 0.05) is 5.69 Å². The molecule has 2 aromatic carbocycles. The van der Waals surface area contributed by atoms with Crippen molar-refractivity contribution in [1.29, 1.82) is 0 Å². The quantitative estimate of drug-likeness (QED) is 0.592. The normalized spacial score (nSPS) is 10.9. The van der Waals surface area contributed by atoms with Gasteiger partial charge in [0.05, 0.1) is 5.70 Å². The van der Waals surface area contributed by atoms with Crippen molar-refractivity contribution >= 4 is 28.7 Å². The van der Waals surface area contributed by atoms with Crippen LogP contribution in [0.1, 0.15) is 18.1 Å². The minimum absolute atomic E-state index is 0.522. The Labute approximate surface area is 131 Å². The molecule has 0 heterocycles. The zero-order valence-corrected chi connectivity index (χ0v) is 13.0. The van der Waals surface area contributed by atoms with E-state index < -0.39 is 0 Å². The van der Waals surface area contributed by atoms with Gasteiger partial charge in [-0.1, -0.05) is 54.1 Å². The van der Waals surface area contributed by atoms with Gasteiger partial charge < -0.3 is 5.32 Å². The Kier molecular flexibility index (Phi) is 5.35. The standard InChI is InChI=1S/C17H19N3S/c1-3-16(14-7-5-4-6-8-14)19-20-17(21)18-15-11-9-13(2)10-12-15/h3-12,19H,1-2H3,(H2,18,20,21)/b16-3-. The first-order chi connectivity index (χ1) is 10.2. The molecule has 0 aliphatic carbocycles. The van der Waals surface area contributed by atoms with Crippen LogP contribution in [0.3, 0.4) is 0 Å². The maximum absolute atomic E-state index is 5.27. The van der Waals surface area contributed by atoms with E-state index in [1.54, 1.807) is 0 Å². The van der Waals surface area contributed by atoms with Crippen LogP contribution >= 0.6 is 12.2 Å². The van der Waals surface area contributed by atoms with Crippen molar-refractivity contribution in [2.75, 3.05) is 5.32 Å². The van der Waals surface area contributed by atoms with E-state index in [0.717, 1.165) is 16.9 Å². The number of thiocarbonyl (C=S) groups is 1. The van der Waals surface area contributed by atoms with Gasteiger partial charge in [-0.2, -0.15) is 0 Å². The molecule has 0 amide bonds. The lowest BCUT2D eigenvalue weighted by atomic mass is 10.1. The Hall–Kier alpha value is -2.33. The van der Waals surface area contributed by atoms with Gasteiger partial charge in [0.25, 0.3) is 0 Å². The number of benzene rings is 2. The van der Waals surface area contributed by atoms with Crippen LogP contribution in [-0.2, 0) is 0 Å². The molecule has 0 unspecified atom stereocenters. The van der Waals surface area contributed by atoms with Gasteiger partial charge in [-0.15, -0.1) is 0 Å². The molecule has 2 rings (SSSR count). The van der Waals surface area contributed by atoms with Crippen molar-refractivity contribution in [2.45, 2.75) is 13.8 Å². The summed E-state index contributed by atoms with van der Waals surface area (Å²) in [6, 6.07) is 18.2. The molecule has 0 aliphatic rings. The molecule has 2 aromatic rings. The van der Waals surface area contributed by atoms with E-state index in [2.05, 4.69) is 23.1 Å². The molecule has 3 N–H and O–H groups in total. The summed E-state index contributed by atoms with van der Waals surface area (Å²) < 4.78 is 0. The Balaban J connectivity index is 1.90. The highest BCUT2D eigenvalue weighted by Gasteiger charge is 2.01. The number of nitrogens with one attached hydrogen (secondary N) is 3. The van der Waals surface area contributed by atoms with E-state index in [9.17, 15) is 0 Å². The summed E-state index contributed by atoms with van der Waals surface area (Å²) in [5.74, 6) is 0. The lowest BCUT2D eigenvalue weighted by Crippen LogP contribution is -2.39. The fourth-order valence-electron chi connectivity index (χ4n) is 1.85. The monoisotopic (exact) mass is 297 g/mol. The van der Waals surface area contributed by atoms with Crippen LogP contribution in [-0.4, -0.2) is 5.11 Å². The molecule has 4 heteroatoms. The third-order valence-corrected chi connectivity index (χ3v) is 3.20. The summed E-state index contributed by atoms with van der Waals surface area (Å²) in [5.41, 5.74) is 10.4. The summed E-state index contributed by atoms with van der Waals surface area (Å²) in [4.78, 5) is 0. The lowest BCUT2D eigenvalue weighted by Gasteiger charge is -2.15. The molecule has 0 radical (unpaired) electrons. The molecular weight excluding hydrogens is 278 g/mol. The van der Waals surface area contributed by atoms with E-state index in [1.807, 2.05) is 67.6 Å². The molecule has 108 valence electrons. The molecule has 0 fully saturated rings. The highest BCUT2D eigenvalue weighted by Crippen LogP contribution is 2.10. The number of hydrogen-bond acceptors (Lipinski definition) is 2. The van der Waals surface area contributed by atoms with E-state index in [1.165, 1.54) is 5.56 Å². The molecule has 0 bridgehead atoms. The third kappa shape index (κ3) is 4.61. The number of hydrogen-bond donors (Lipinski definition) is 3. The topological polar surface area (TPSA) is 36.1 Å². The summed E-state index contributed by atoms with van der Waals surface area (Å²) in [7, 11) is 0. The van der Waals surface area contributed by atoms with Crippen LogP contribution in [0.25, 0.3) is 5.70 Å². The number of allylic oxidation sites excluding steroid dienone is 1. The fourth-order valence-corrected chi connectivity index (χ4v) is 2.02. The van der Waals surface area contributed by atoms with Crippen molar-refractivity contribution in [3.63, 3.8) is 0 Å². The molecule has 21 heavy (non-hydrogen) atoms. The Morgan fingerprint density at radius 2 is 1.62 bits per heavy atom. The van der Waals surface area contributed by atoms with Crippen molar-refractivity contribution in [3.05, 3.63) is 71.8 Å². The van der Waals surface area contributed by atoms with Crippen LogP contribution in [0.5, 0.6) is 0 Å². The van der Waals surface area contributed by atoms with Crippen molar-refractivity contribution in [1.82, 2.24) is 10.9 Å². The summed E-state index contributed by atoms with van der Waals surface area (Å²) >= 11 is 5.27. The largest absolute Gasteiger partial charge is 0.331 e. The molecular formula is C17H19N3S. The Morgan fingerprint density at radius 1 is 0.952 bits per heavy atom. The second kappa shape index (κ2) is 7.45. The number of hydrazine groups is 1. The smallest absolute Gasteiger partial charge is 0.189 e. The van der Waals surface area contributed by atoms with Gasteiger partial charge in [0.2, 0.25) is 0 Å². The maximum Gasteiger partial charge on any atom is 0.189 e. The average molecular weight is 297 g/mol. The zero-order valence-electron chi connectivity index (χ0n) is 12.2. The Bertz CT molecular complexity index is 618. The molecule has 0 aliphatic heterocycles. The van der Waals surface area contributed by atoms with E-state index in [-0.39, 0.29) is 0 Å². The van der Waals surface area contributed by atoms with E-state index >= 15 is 0 Å². The first-order valence-electron chi connectivity index (χ1n) is 6.80. The number of aryl methyl sites for hydroxylation is 1. The lowest BCUT2D eigenvalue weighted by molar-refractivity contribution is 0.847. The molecule has 0 saturated carbocycles. The first-order valence-corrected chi connectivity index (χ1v) is 7.21. The van der Waals surface area contributed by atoms with Crippen molar-refractivity contribution < 1.29 is 0 Å². The van der Waals surface area contributed by atoms with Crippen LogP contribution in [0.15, 0.2) is 60.7 Å². The second-order valence-corrected chi connectivity index (χ2v) is 5.05. The maximum atomic E-state index is 5.27. The molecule has 0 aromatic heterocycles. The summed E-state index contributed by atoms with van der Waals surface area (Å²) in [5, 5.41) is 3.65. The van der Waals surface area contributed by atoms with Crippen LogP contribution in [0.4, 0.5) is 5.69 Å². The average Bonchev–Trinajstić information content (AvgIpc) is 2.51.